The molecule has 0 radical (unpaired) electrons. The Morgan fingerprint density at radius 3 is 2.04 bits per heavy atom. The van der Waals surface area contributed by atoms with Crippen molar-refractivity contribution in [3.63, 3.8) is 0 Å². The summed E-state index contributed by atoms with van der Waals surface area (Å²) in [6.07, 6.45) is 1.91. The average Bonchev–Trinajstić information content (AvgIpc) is 3.03. The number of hydrogen-bond donors (Lipinski definition) is 0. The molecule has 23 heavy (non-hydrogen) atoms. The van der Waals surface area contributed by atoms with Crippen LogP contribution in [0.2, 0.25) is 0 Å². The van der Waals surface area contributed by atoms with Gasteiger partial charge in [-0.2, -0.15) is 0 Å². The third-order valence-electron chi connectivity index (χ3n) is 4.53. The molecule has 0 bridgehead atoms. The van der Waals surface area contributed by atoms with Crippen LogP contribution in [0, 0.1) is 0 Å². The molecule has 0 saturated heterocycles. The van der Waals surface area contributed by atoms with Gasteiger partial charge in [-0.15, -0.1) is 0 Å². The molecule has 122 valence electrons. The summed E-state index contributed by atoms with van der Waals surface area (Å²) in [5.74, 6) is 3.49. The lowest BCUT2D eigenvalue weighted by Gasteiger charge is -2.15. The van der Waals surface area contributed by atoms with Gasteiger partial charge in [-0.25, -0.2) is 0 Å². The van der Waals surface area contributed by atoms with E-state index in [4.69, 9.17) is 18.9 Å². The van der Waals surface area contributed by atoms with Gasteiger partial charge in [0.2, 0.25) is 5.75 Å². The van der Waals surface area contributed by atoms with Crippen molar-refractivity contribution in [2.45, 2.75) is 18.8 Å². The minimum atomic E-state index is 0.432. The minimum Gasteiger partial charge on any atom is -0.497 e. The molecule has 4 nitrogen and oxygen atoms in total. The standard InChI is InChI=1S/C19H22O4/c1-20-15-7-5-12(6-8-15)13-9-14-11-17(21-2)19(23-4)18(22-3)16(14)10-13/h5-8,11,13H,9-10H2,1-4H3/t13-/m0/s1. The zero-order chi connectivity index (χ0) is 16.4. The molecule has 0 N–H and O–H groups in total. The largest absolute Gasteiger partial charge is 0.497 e. The van der Waals surface area contributed by atoms with Crippen LogP contribution in [0.5, 0.6) is 23.0 Å². The molecule has 0 saturated carbocycles. The van der Waals surface area contributed by atoms with Crippen molar-refractivity contribution in [2.24, 2.45) is 0 Å². The Hall–Kier alpha value is -2.36. The van der Waals surface area contributed by atoms with Gasteiger partial charge in [-0.05, 0) is 48.1 Å². The van der Waals surface area contributed by atoms with Crippen LogP contribution in [0.1, 0.15) is 22.6 Å². The van der Waals surface area contributed by atoms with Crippen molar-refractivity contribution in [3.05, 3.63) is 47.0 Å². The van der Waals surface area contributed by atoms with Crippen LogP contribution in [0.25, 0.3) is 0 Å². The molecule has 0 heterocycles. The molecule has 0 amide bonds. The summed E-state index contributed by atoms with van der Waals surface area (Å²) in [6.45, 7) is 0. The third kappa shape index (κ3) is 2.69. The number of ether oxygens (including phenoxy) is 4. The summed E-state index contributed by atoms with van der Waals surface area (Å²) in [5, 5.41) is 0. The van der Waals surface area contributed by atoms with Crippen molar-refractivity contribution < 1.29 is 18.9 Å². The first-order valence-electron chi connectivity index (χ1n) is 7.66. The van der Waals surface area contributed by atoms with Gasteiger partial charge in [-0.3, -0.25) is 0 Å². The van der Waals surface area contributed by atoms with E-state index in [1.807, 2.05) is 12.1 Å². The lowest BCUT2D eigenvalue weighted by atomic mass is 9.96. The third-order valence-corrected chi connectivity index (χ3v) is 4.53. The first-order chi connectivity index (χ1) is 11.2. The van der Waals surface area contributed by atoms with Gasteiger partial charge in [0, 0.05) is 5.56 Å². The molecule has 1 aliphatic rings. The van der Waals surface area contributed by atoms with E-state index >= 15 is 0 Å². The molecule has 0 aliphatic heterocycles. The Kier molecular flexibility index (Phi) is 4.33. The summed E-state index contributed by atoms with van der Waals surface area (Å²) in [4.78, 5) is 0. The molecule has 2 aromatic carbocycles. The second kappa shape index (κ2) is 6.41. The molecule has 0 spiro atoms. The number of fused-ring (bicyclic) bond motifs is 1. The Morgan fingerprint density at radius 2 is 1.48 bits per heavy atom. The van der Waals surface area contributed by atoms with Gasteiger partial charge in [0.1, 0.15) is 5.75 Å². The van der Waals surface area contributed by atoms with Crippen LogP contribution >= 0.6 is 0 Å². The quantitative estimate of drug-likeness (QED) is 0.845. The first kappa shape index (κ1) is 15.5. The average molecular weight is 314 g/mol. The normalized spacial score (nSPS) is 15.9. The van der Waals surface area contributed by atoms with Crippen LogP contribution in [0.15, 0.2) is 30.3 Å². The van der Waals surface area contributed by atoms with Crippen molar-refractivity contribution >= 4 is 0 Å². The van der Waals surface area contributed by atoms with Gasteiger partial charge >= 0.3 is 0 Å². The number of benzene rings is 2. The fraction of sp³-hybridized carbons (Fsp3) is 0.368. The zero-order valence-corrected chi connectivity index (χ0v) is 14.0. The predicted molar refractivity (Wildman–Crippen MR) is 89.2 cm³/mol. The summed E-state index contributed by atoms with van der Waals surface area (Å²) < 4.78 is 21.8. The van der Waals surface area contributed by atoms with Crippen molar-refractivity contribution in [2.75, 3.05) is 28.4 Å². The van der Waals surface area contributed by atoms with E-state index in [9.17, 15) is 0 Å². The predicted octanol–water partition coefficient (Wildman–Crippen LogP) is 3.60. The smallest absolute Gasteiger partial charge is 0.203 e. The Morgan fingerprint density at radius 1 is 0.783 bits per heavy atom. The Bertz CT molecular complexity index is 692. The Balaban J connectivity index is 1.96. The highest BCUT2D eigenvalue weighted by molar-refractivity contribution is 5.61. The maximum absolute atomic E-state index is 5.62. The van der Waals surface area contributed by atoms with E-state index in [0.717, 1.165) is 30.1 Å². The molecule has 2 aromatic rings. The van der Waals surface area contributed by atoms with Crippen molar-refractivity contribution in [1.82, 2.24) is 0 Å². The maximum Gasteiger partial charge on any atom is 0.203 e. The Labute approximate surface area is 136 Å². The van der Waals surface area contributed by atoms with Gasteiger partial charge in [-0.1, -0.05) is 12.1 Å². The number of methoxy groups -OCH3 is 4. The summed E-state index contributed by atoms with van der Waals surface area (Å²) in [6, 6.07) is 10.4. The number of rotatable bonds is 5. The van der Waals surface area contributed by atoms with Gasteiger partial charge < -0.3 is 18.9 Å². The lowest BCUT2D eigenvalue weighted by Crippen LogP contribution is -1.99. The lowest BCUT2D eigenvalue weighted by molar-refractivity contribution is 0.322. The molecule has 3 rings (SSSR count). The van der Waals surface area contributed by atoms with Gasteiger partial charge in [0.05, 0.1) is 28.4 Å². The second-order valence-electron chi connectivity index (χ2n) is 5.66. The van der Waals surface area contributed by atoms with E-state index in [0.29, 0.717) is 11.7 Å². The molecule has 0 fully saturated rings. The van der Waals surface area contributed by atoms with Crippen LogP contribution in [-0.2, 0) is 12.8 Å². The van der Waals surface area contributed by atoms with E-state index < -0.39 is 0 Å². The van der Waals surface area contributed by atoms with Crippen LogP contribution in [-0.4, -0.2) is 28.4 Å². The zero-order valence-electron chi connectivity index (χ0n) is 14.0. The molecular weight excluding hydrogens is 292 g/mol. The van der Waals surface area contributed by atoms with Crippen LogP contribution in [0.4, 0.5) is 0 Å². The van der Waals surface area contributed by atoms with Gasteiger partial charge in [0.15, 0.2) is 11.5 Å². The van der Waals surface area contributed by atoms with E-state index in [1.165, 1.54) is 16.7 Å². The number of hydrogen-bond acceptors (Lipinski definition) is 4. The molecular formula is C19H22O4. The fourth-order valence-electron chi connectivity index (χ4n) is 3.37. The highest BCUT2D eigenvalue weighted by Gasteiger charge is 2.30. The van der Waals surface area contributed by atoms with Crippen molar-refractivity contribution in [3.8, 4) is 23.0 Å². The topological polar surface area (TPSA) is 36.9 Å². The summed E-state index contributed by atoms with van der Waals surface area (Å²) in [5.41, 5.74) is 3.79. The monoisotopic (exact) mass is 314 g/mol. The molecule has 4 heteroatoms. The first-order valence-corrected chi connectivity index (χ1v) is 7.66. The second-order valence-corrected chi connectivity index (χ2v) is 5.66. The fourth-order valence-corrected chi connectivity index (χ4v) is 3.37. The highest BCUT2D eigenvalue weighted by Crippen LogP contribution is 2.48. The summed E-state index contributed by atoms with van der Waals surface area (Å²) >= 11 is 0. The minimum absolute atomic E-state index is 0.432. The molecule has 0 aromatic heterocycles. The maximum atomic E-state index is 5.62. The SMILES string of the molecule is COc1ccc([C@H]2Cc3cc(OC)c(OC)c(OC)c3C2)cc1. The summed E-state index contributed by atoms with van der Waals surface area (Å²) in [7, 11) is 6.66. The molecule has 0 unspecified atom stereocenters. The molecule has 1 atom stereocenters. The van der Waals surface area contributed by atoms with E-state index in [1.54, 1.807) is 28.4 Å². The van der Waals surface area contributed by atoms with Crippen LogP contribution in [0.3, 0.4) is 0 Å². The molecule has 1 aliphatic carbocycles. The van der Waals surface area contributed by atoms with Crippen molar-refractivity contribution in [1.29, 1.82) is 0 Å². The van der Waals surface area contributed by atoms with Gasteiger partial charge in [0.25, 0.3) is 0 Å². The van der Waals surface area contributed by atoms with E-state index in [2.05, 4.69) is 18.2 Å². The van der Waals surface area contributed by atoms with Crippen LogP contribution < -0.4 is 18.9 Å². The van der Waals surface area contributed by atoms with E-state index in [-0.39, 0.29) is 0 Å². The highest BCUT2D eigenvalue weighted by atomic mass is 16.5.